The van der Waals surface area contributed by atoms with Gasteiger partial charge in [0.25, 0.3) is 11.7 Å². The molecule has 0 aliphatic carbocycles. The fraction of sp³-hybridized carbons (Fsp3) is 0.273. The summed E-state index contributed by atoms with van der Waals surface area (Å²) in [7, 11) is 0. The smallest absolute Gasteiger partial charge is 0.296 e. The van der Waals surface area contributed by atoms with Crippen LogP contribution in [0.15, 0.2) is 18.2 Å². The Balaban J connectivity index is 2.45. The van der Waals surface area contributed by atoms with E-state index in [1.54, 1.807) is 12.1 Å². The molecule has 1 aliphatic rings. The minimum Gasteiger partial charge on any atom is -0.389 e. The highest BCUT2D eigenvalue weighted by Gasteiger charge is 2.32. The molecule has 1 aromatic rings. The van der Waals surface area contributed by atoms with Gasteiger partial charge in [0.2, 0.25) is 0 Å². The number of rotatable bonds is 3. The van der Waals surface area contributed by atoms with Crippen molar-refractivity contribution in [1.29, 1.82) is 0 Å². The molecule has 1 aromatic carbocycles. The molecule has 1 aliphatic heterocycles. The number of aliphatic hydroxyl groups excluding tert-OH is 2. The van der Waals surface area contributed by atoms with E-state index in [0.29, 0.717) is 5.56 Å². The van der Waals surface area contributed by atoms with E-state index in [0.717, 1.165) is 0 Å². The molecule has 0 saturated heterocycles. The van der Waals surface area contributed by atoms with Gasteiger partial charge < -0.3 is 15.5 Å². The average Bonchev–Trinajstić information content (AvgIpc) is 2.63. The predicted octanol–water partition coefficient (Wildman–Crippen LogP) is 0.611. The molecule has 6 heteroatoms. The molecule has 2 rings (SSSR count). The third-order valence-electron chi connectivity index (χ3n) is 2.63. The molecule has 17 heavy (non-hydrogen) atoms. The van der Waals surface area contributed by atoms with Gasteiger partial charge in [-0.2, -0.15) is 0 Å². The molecular formula is C11H10BrNO4. The zero-order valence-electron chi connectivity index (χ0n) is 8.68. The molecule has 1 amide bonds. The predicted molar refractivity (Wildman–Crippen MR) is 64.2 cm³/mol. The lowest BCUT2D eigenvalue weighted by atomic mass is 10.00. The summed E-state index contributed by atoms with van der Waals surface area (Å²) < 4.78 is 0. The van der Waals surface area contributed by atoms with Crippen molar-refractivity contribution in [3.05, 3.63) is 29.3 Å². The summed E-state index contributed by atoms with van der Waals surface area (Å²) >= 11 is 3.05. The van der Waals surface area contributed by atoms with Crippen LogP contribution in [0.5, 0.6) is 0 Å². The first-order valence-corrected chi connectivity index (χ1v) is 6.09. The van der Waals surface area contributed by atoms with Gasteiger partial charge in [0.15, 0.2) is 0 Å². The van der Waals surface area contributed by atoms with Crippen LogP contribution in [0.25, 0.3) is 0 Å². The maximum absolute atomic E-state index is 11.4. The van der Waals surface area contributed by atoms with Gasteiger partial charge >= 0.3 is 0 Å². The molecule has 0 aromatic heterocycles. The molecule has 2 unspecified atom stereocenters. The Bertz CT molecular complexity index is 488. The third kappa shape index (κ3) is 1.99. The van der Waals surface area contributed by atoms with Crippen molar-refractivity contribution in [2.45, 2.75) is 12.2 Å². The van der Waals surface area contributed by atoms with Crippen molar-refractivity contribution in [2.75, 3.05) is 10.6 Å². The number of halogens is 1. The highest BCUT2D eigenvalue weighted by Crippen LogP contribution is 2.32. The van der Waals surface area contributed by atoms with Crippen LogP contribution in [0.2, 0.25) is 0 Å². The summed E-state index contributed by atoms with van der Waals surface area (Å²) in [6, 6.07) is 4.64. The van der Waals surface area contributed by atoms with Crippen LogP contribution in [-0.2, 0) is 4.79 Å². The van der Waals surface area contributed by atoms with Crippen LogP contribution in [0.4, 0.5) is 5.69 Å². The number of aliphatic hydroxyl groups is 2. The molecule has 1 heterocycles. The van der Waals surface area contributed by atoms with Gasteiger partial charge in [0.1, 0.15) is 6.10 Å². The highest BCUT2D eigenvalue weighted by molar-refractivity contribution is 9.09. The zero-order valence-corrected chi connectivity index (χ0v) is 10.3. The standard InChI is InChI=1S/C11H10BrNO4/c12-4-7(14)9(15)5-2-1-3-6-8(5)13-11(17)10(6)16/h1-3,7,9,14-15H,4H2,(H,13,16,17). The van der Waals surface area contributed by atoms with E-state index in [-0.39, 0.29) is 16.6 Å². The quantitative estimate of drug-likeness (QED) is 0.564. The molecule has 0 spiro atoms. The molecule has 0 bridgehead atoms. The van der Waals surface area contributed by atoms with E-state index in [2.05, 4.69) is 21.2 Å². The summed E-state index contributed by atoms with van der Waals surface area (Å²) in [5, 5.41) is 22.0. The Morgan fingerprint density at radius 1 is 1.29 bits per heavy atom. The van der Waals surface area contributed by atoms with Crippen LogP contribution in [0, 0.1) is 0 Å². The number of fused-ring (bicyclic) bond motifs is 1. The lowest BCUT2D eigenvalue weighted by molar-refractivity contribution is -0.112. The van der Waals surface area contributed by atoms with Gasteiger partial charge in [-0.05, 0) is 6.07 Å². The van der Waals surface area contributed by atoms with Crippen LogP contribution in [0.3, 0.4) is 0 Å². The SMILES string of the molecule is O=C1Nc2c(cccc2C(O)C(O)CBr)C1=O. The number of hydrogen-bond acceptors (Lipinski definition) is 4. The number of Topliss-reactive ketones (excluding diaryl/α,β-unsaturated/α-hetero) is 1. The van der Waals surface area contributed by atoms with E-state index < -0.39 is 23.9 Å². The normalized spacial score (nSPS) is 17.6. The third-order valence-corrected chi connectivity index (χ3v) is 3.29. The molecule has 0 fully saturated rings. The Hall–Kier alpha value is -1.24. The number of carbonyl (C=O) groups excluding carboxylic acids is 2. The number of carbonyl (C=O) groups is 2. The number of amides is 1. The summed E-state index contributed by atoms with van der Waals surface area (Å²) in [4.78, 5) is 22.7. The lowest BCUT2D eigenvalue weighted by Gasteiger charge is -2.18. The fourth-order valence-corrected chi connectivity index (χ4v) is 2.08. The fourth-order valence-electron chi connectivity index (χ4n) is 1.73. The monoisotopic (exact) mass is 299 g/mol. The minimum atomic E-state index is -1.16. The number of anilines is 1. The Morgan fingerprint density at radius 2 is 2.00 bits per heavy atom. The molecule has 5 nitrogen and oxygen atoms in total. The van der Waals surface area contributed by atoms with Crippen molar-refractivity contribution < 1.29 is 19.8 Å². The van der Waals surface area contributed by atoms with E-state index in [1.165, 1.54) is 6.07 Å². The van der Waals surface area contributed by atoms with Gasteiger partial charge in [-0.15, -0.1) is 0 Å². The number of alkyl halides is 1. The van der Waals surface area contributed by atoms with E-state index in [4.69, 9.17) is 0 Å². The van der Waals surface area contributed by atoms with Crippen LogP contribution in [0.1, 0.15) is 22.0 Å². The lowest BCUT2D eigenvalue weighted by Crippen LogP contribution is -2.20. The highest BCUT2D eigenvalue weighted by atomic mass is 79.9. The molecule has 0 radical (unpaired) electrons. The number of nitrogens with one attached hydrogen (secondary N) is 1. The van der Waals surface area contributed by atoms with Crippen molar-refractivity contribution in [2.24, 2.45) is 0 Å². The number of ketones is 1. The Labute approximate surface area is 106 Å². The first-order chi connectivity index (χ1) is 8.06. The van der Waals surface area contributed by atoms with Crippen LogP contribution < -0.4 is 5.32 Å². The van der Waals surface area contributed by atoms with Crippen molar-refractivity contribution in [1.82, 2.24) is 0 Å². The Kier molecular flexibility index (Phi) is 3.28. The summed E-state index contributed by atoms with van der Waals surface area (Å²) in [6.45, 7) is 0. The largest absolute Gasteiger partial charge is 0.389 e. The maximum atomic E-state index is 11.4. The molecule has 2 atom stereocenters. The second-order valence-electron chi connectivity index (χ2n) is 3.72. The Morgan fingerprint density at radius 3 is 2.65 bits per heavy atom. The van der Waals surface area contributed by atoms with Gasteiger partial charge in [-0.25, -0.2) is 0 Å². The van der Waals surface area contributed by atoms with Crippen LogP contribution >= 0.6 is 15.9 Å². The van der Waals surface area contributed by atoms with E-state index >= 15 is 0 Å². The number of benzene rings is 1. The van der Waals surface area contributed by atoms with E-state index in [1.807, 2.05) is 0 Å². The molecular weight excluding hydrogens is 290 g/mol. The van der Waals surface area contributed by atoms with Crippen molar-refractivity contribution in [3.8, 4) is 0 Å². The van der Waals surface area contributed by atoms with Gasteiger partial charge in [-0.1, -0.05) is 28.1 Å². The maximum Gasteiger partial charge on any atom is 0.296 e. The van der Waals surface area contributed by atoms with Crippen molar-refractivity contribution in [3.63, 3.8) is 0 Å². The summed E-state index contributed by atoms with van der Waals surface area (Å²) in [5.74, 6) is -1.34. The molecule has 3 N–H and O–H groups in total. The van der Waals surface area contributed by atoms with Crippen molar-refractivity contribution >= 4 is 33.3 Å². The zero-order chi connectivity index (χ0) is 12.6. The summed E-state index contributed by atoms with van der Waals surface area (Å²) in [5.41, 5.74) is 0.858. The van der Waals surface area contributed by atoms with Gasteiger partial charge in [-0.3, -0.25) is 9.59 Å². The first kappa shape index (κ1) is 12.2. The van der Waals surface area contributed by atoms with Gasteiger partial charge in [0.05, 0.1) is 17.4 Å². The topological polar surface area (TPSA) is 86.6 Å². The minimum absolute atomic E-state index is 0.194. The number of hydrogen-bond donors (Lipinski definition) is 3. The first-order valence-electron chi connectivity index (χ1n) is 4.97. The second kappa shape index (κ2) is 4.56. The number of para-hydroxylation sites is 1. The van der Waals surface area contributed by atoms with E-state index in [9.17, 15) is 19.8 Å². The molecule has 90 valence electrons. The molecule has 0 saturated carbocycles. The average molecular weight is 300 g/mol. The van der Waals surface area contributed by atoms with Crippen LogP contribution in [-0.4, -0.2) is 33.3 Å². The van der Waals surface area contributed by atoms with Gasteiger partial charge in [0, 0.05) is 10.9 Å². The second-order valence-corrected chi connectivity index (χ2v) is 4.37. The summed E-state index contributed by atoms with van der Waals surface area (Å²) in [6.07, 6.45) is -2.16.